The summed E-state index contributed by atoms with van der Waals surface area (Å²) in [5.41, 5.74) is 5.86. The van der Waals surface area contributed by atoms with Crippen molar-refractivity contribution in [2.24, 2.45) is 10.9 Å². The van der Waals surface area contributed by atoms with Crippen LogP contribution in [0.2, 0.25) is 0 Å². The van der Waals surface area contributed by atoms with Crippen LogP contribution in [0.25, 0.3) is 0 Å². The Hall–Kier alpha value is -0.460. The van der Waals surface area contributed by atoms with E-state index in [0.717, 1.165) is 52.0 Å². The normalized spacial score (nSPS) is 27.3. The van der Waals surface area contributed by atoms with Gasteiger partial charge < -0.3 is 20.6 Å². The number of nitrogens with two attached hydrogens (primary N) is 1. The van der Waals surface area contributed by atoms with E-state index in [2.05, 4.69) is 10.1 Å². The molecule has 0 spiro atoms. The van der Waals surface area contributed by atoms with Gasteiger partial charge in [0.1, 0.15) is 0 Å². The van der Waals surface area contributed by atoms with Crippen molar-refractivity contribution in [3.63, 3.8) is 0 Å². The van der Waals surface area contributed by atoms with Crippen molar-refractivity contribution in [3.05, 3.63) is 0 Å². The molecule has 2 aliphatic rings. The Kier molecular flexibility index (Phi) is 4.75. The SMILES string of the molecule is CSC1(C(N)=NO)CCN(C2CCOCC2)CC1. The van der Waals surface area contributed by atoms with Gasteiger partial charge in [-0.2, -0.15) is 11.8 Å². The summed E-state index contributed by atoms with van der Waals surface area (Å²) in [6.07, 6.45) is 6.23. The predicted octanol–water partition coefficient (Wildman–Crippen LogP) is 1.11. The highest BCUT2D eigenvalue weighted by molar-refractivity contribution is 8.00. The lowest BCUT2D eigenvalue weighted by Crippen LogP contribution is -2.53. The molecule has 0 aromatic rings. The molecule has 2 heterocycles. The molecule has 0 bridgehead atoms. The van der Waals surface area contributed by atoms with Crippen molar-refractivity contribution in [1.82, 2.24) is 4.90 Å². The second-order valence-electron chi connectivity index (χ2n) is 5.06. The fraction of sp³-hybridized carbons (Fsp3) is 0.917. The van der Waals surface area contributed by atoms with Gasteiger partial charge in [-0.15, -0.1) is 0 Å². The Morgan fingerprint density at radius 3 is 2.50 bits per heavy atom. The number of likely N-dealkylation sites (tertiary alicyclic amines) is 1. The molecule has 2 aliphatic heterocycles. The number of ether oxygens (including phenoxy) is 1. The van der Waals surface area contributed by atoms with Gasteiger partial charge in [0.2, 0.25) is 0 Å². The lowest BCUT2D eigenvalue weighted by molar-refractivity contribution is 0.0261. The third kappa shape index (κ3) is 2.75. The van der Waals surface area contributed by atoms with E-state index in [4.69, 9.17) is 15.7 Å². The van der Waals surface area contributed by atoms with Crippen molar-refractivity contribution in [2.75, 3.05) is 32.6 Å². The van der Waals surface area contributed by atoms with Crippen LogP contribution in [-0.4, -0.2) is 59.3 Å². The summed E-state index contributed by atoms with van der Waals surface area (Å²) < 4.78 is 5.24. The van der Waals surface area contributed by atoms with E-state index in [9.17, 15) is 0 Å². The molecular weight excluding hydrogens is 250 g/mol. The Balaban J connectivity index is 1.93. The van der Waals surface area contributed by atoms with Crippen LogP contribution in [0.15, 0.2) is 5.16 Å². The Morgan fingerprint density at radius 1 is 1.39 bits per heavy atom. The number of piperidine rings is 1. The first kappa shape index (κ1) is 14.0. The number of nitrogens with zero attached hydrogens (tertiary/aromatic N) is 2. The van der Waals surface area contributed by atoms with Crippen molar-refractivity contribution >= 4 is 17.6 Å². The molecule has 6 heteroatoms. The smallest absolute Gasteiger partial charge is 0.155 e. The first-order valence-electron chi connectivity index (χ1n) is 6.57. The van der Waals surface area contributed by atoms with Gasteiger partial charge in [-0.3, -0.25) is 0 Å². The Labute approximate surface area is 113 Å². The maximum Gasteiger partial charge on any atom is 0.155 e. The molecule has 0 unspecified atom stereocenters. The number of oxime groups is 1. The zero-order valence-electron chi connectivity index (χ0n) is 11.0. The van der Waals surface area contributed by atoms with Gasteiger partial charge in [-0.05, 0) is 31.9 Å². The molecule has 0 amide bonds. The van der Waals surface area contributed by atoms with E-state index in [1.807, 2.05) is 6.26 Å². The minimum absolute atomic E-state index is 0.170. The Bertz CT molecular complexity index is 298. The molecule has 0 atom stereocenters. The van der Waals surface area contributed by atoms with E-state index < -0.39 is 0 Å². The largest absolute Gasteiger partial charge is 0.409 e. The van der Waals surface area contributed by atoms with Crippen LogP contribution >= 0.6 is 11.8 Å². The molecule has 0 aliphatic carbocycles. The van der Waals surface area contributed by atoms with Crippen LogP contribution < -0.4 is 5.73 Å². The van der Waals surface area contributed by atoms with E-state index in [0.29, 0.717) is 11.9 Å². The van der Waals surface area contributed by atoms with Crippen LogP contribution in [0, 0.1) is 0 Å². The summed E-state index contributed by atoms with van der Waals surface area (Å²) in [5.74, 6) is 0.377. The molecular formula is C12H23N3O2S. The minimum atomic E-state index is -0.170. The first-order chi connectivity index (χ1) is 8.72. The van der Waals surface area contributed by atoms with Gasteiger partial charge in [-0.25, -0.2) is 0 Å². The fourth-order valence-electron chi connectivity index (χ4n) is 2.96. The van der Waals surface area contributed by atoms with Gasteiger partial charge in [0.15, 0.2) is 5.84 Å². The number of amidine groups is 1. The summed E-state index contributed by atoms with van der Waals surface area (Å²) in [7, 11) is 0. The van der Waals surface area contributed by atoms with E-state index in [1.165, 1.54) is 0 Å². The maximum atomic E-state index is 8.92. The maximum absolute atomic E-state index is 8.92. The molecule has 0 aromatic heterocycles. The summed E-state index contributed by atoms with van der Waals surface area (Å²) in [5, 5.41) is 12.1. The van der Waals surface area contributed by atoms with Crippen LogP contribution in [-0.2, 0) is 4.74 Å². The summed E-state index contributed by atoms with van der Waals surface area (Å²) >= 11 is 1.71. The quantitative estimate of drug-likeness (QED) is 0.349. The zero-order valence-corrected chi connectivity index (χ0v) is 11.8. The van der Waals surface area contributed by atoms with Gasteiger partial charge in [0, 0.05) is 32.3 Å². The highest BCUT2D eigenvalue weighted by atomic mass is 32.2. The lowest BCUT2D eigenvalue weighted by Gasteiger charge is -2.43. The molecule has 0 aromatic carbocycles. The minimum Gasteiger partial charge on any atom is -0.409 e. The molecule has 2 rings (SSSR count). The number of hydrogen-bond donors (Lipinski definition) is 2. The third-order valence-corrected chi connectivity index (χ3v) is 5.68. The van der Waals surface area contributed by atoms with Gasteiger partial charge >= 0.3 is 0 Å². The third-order valence-electron chi connectivity index (χ3n) is 4.28. The molecule has 2 fully saturated rings. The first-order valence-corrected chi connectivity index (χ1v) is 7.79. The van der Waals surface area contributed by atoms with Crippen molar-refractivity contribution < 1.29 is 9.94 Å². The van der Waals surface area contributed by atoms with Crippen LogP contribution in [0.4, 0.5) is 0 Å². The number of rotatable bonds is 3. The van der Waals surface area contributed by atoms with Crippen LogP contribution in [0.3, 0.4) is 0 Å². The molecule has 3 N–H and O–H groups in total. The van der Waals surface area contributed by atoms with Gasteiger partial charge in [-0.1, -0.05) is 5.16 Å². The van der Waals surface area contributed by atoms with Crippen LogP contribution in [0.5, 0.6) is 0 Å². The molecule has 18 heavy (non-hydrogen) atoms. The monoisotopic (exact) mass is 273 g/mol. The van der Waals surface area contributed by atoms with Crippen molar-refractivity contribution in [1.29, 1.82) is 0 Å². The number of thioether (sulfide) groups is 1. The average molecular weight is 273 g/mol. The van der Waals surface area contributed by atoms with Gasteiger partial charge in [0.25, 0.3) is 0 Å². The van der Waals surface area contributed by atoms with Crippen molar-refractivity contribution in [3.8, 4) is 0 Å². The van der Waals surface area contributed by atoms with E-state index in [-0.39, 0.29) is 4.75 Å². The fourth-order valence-corrected chi connectivity index (χ4v) is 3.80. The molecule has 0 saturated carbocycles. The summed E-state index contributed by atoms with van der Waals surface area (Å²) in [6.45, 7) is 3.83. The van der Waals surface area contributed by atoms with Crippen molar-refractivity contribution in [2.45, 2.75) is 36.5 Å². The summed E-state index contributed by atoms with van der Waals surface area (Å²) in [6, 6.07) is 0.658. The Morgan fingerprint density at radius 2 is 2.00 bits per heavy atom. The topological polar surface area (TPSA) is 71.1 Å². The highest BCUT2D eigenvalue weighted by Crippen LogP contribution is 2.36. The molecule has 2 saturated heterocycles. The second kappa shape index (κ2) is 6.12. The van der Waals surface area contributed by atoms with Gasteiger partial charge in [0.05, 0.1) is 4.75 Å². The van der Waals surface area contributed by atoms with E-state index >= 15 is 0 Å². The lowest BCUT2D eigenvalue weighted by atomic mass is 9.92. The molecule has 104 valence electrons. The van der Waals surface area contributed by atoms with E-state index in [1.54, 1.807) is 11.8 Å². The standard InChI is InChI=1S/C12H23N3O2S/c1-18-12(11(13)14-16)4-6-15(7-5-12)10-2-8-17-9-3-10/h10,16H,2-9H2,1H3,(H2,13,14). The predicted molar refractivity (Wildman–Crippen MR) is 74.3 cm³/mol. The molecule has 5 nitrogen and oxygen atoms in total. The number of hydrogen-bond acceptors (Lipinski definition) is 5. The highest BCUT2D eigenvalue weighted by Gasteiger charge is 2.39. The molecule has 0 radical (unpaired) electrons. The summed E-state index contributed by atoms with van der Waals surface area (Å²) in [4.78, 5) is 2.54. The van der Waals surface area contributed by atoms with Crippen LogP contribution in [0.1, 0.15) is 25.7 Å². The second-order valence-corrected chi connectivity index (χ2v) is 6.25. The average Bonchev–Trinajstić information content (AvgIpc) is 2.47. The zero-order chi connectivity index (χ0) is 13.0.